The molecule has 1 aromatic heterocycles. The molecule has 11 heavy (non-hydrogen) atoms. The fraction of sp³-hybridized carbons (Fsp3) is 0.375. The Bertz CT molecular complexity index is 233. The molecule has 0 saturated heterocycles. The summed E-state index contributed by atoms with van der Waals surface area (Å²) in [5.41, 5.74) is 0. The molecule has 0 bridgehead atoms. The molecule has 2 nitrogen and oxygen atoms in total. The Kier molecular flexibility index (Phi) is 2.76. The van der Waals surface area contributed by atoms with Gasteiger partial charge in [0.15, 0.2) is 0 Å². The number of rotatable bonds is 2. The normalized spacial score (nSPS) is 12.6. The molecule has 0 N–H and O–H groups in total. The van der Waals surface area contributed by atoms with Gasteiger partial charge in [-0.3, -0.25) is 0 Å². The Hall–Kier alpha value is -0.251. The van der Waals surface area contributed by atoms with Gasteiger partial charge in [0, 0.05) is 0 Å². The summed E-state index contributed by atoms with van der Waals surface area (Å²) in [5.74, 6) is 0.858. The Labute approximate surface area is 71.6 Å². The molecule has 0 atom stereocenters. The van der Waals surface area contributed by atoms with Gasteiger partial charge in [0.2, 0.25) is 0 Å². The summed E-state index contributed by atoms with van der Waals surface area (Å²) < 4.78 is 9.60. The fourth-order valence-electron chi connectivity index (χ4n) is 0.622. The van der Waals surface area contributed by atoms with Crippen molar-refractivity contribution in [3.63, 3.8) is 0 Å². The van der Waals surface area contributed by atoms with Crippen LogP contribution in [0.5, 0.6) is 0 Å². The standard InChI is InChI=1S/C5H4NO.3CH3.Sn/c6-4-5-2-1-3-7-5;;;;/h1-4H;3*1H3;/q-1;;;;+1. The molecule has 1 aromatic rings. The monoisotopic (exact) mass is 259 g/mol. The van der Waals surface area contributed by atoms with Gasteiger partial charge in [-0.2, -0.15) is 0 Å². The fourth-order valence-corrected chi connectivity index (χ4v) is 2.09. The number of nitrogens with zero attached hydrogens (tertiary/aromatic N) is 1. The quantitative estimate of drug-likeness (QED) is 0.591. The Morgan fingerprint density at radius 3 is 2.64 bits per heavy atom. The molecule has 0 radical (unpaired) electrons. The third-order valence-corrected chi connectivity index (χ3v) is 3.70. The average molecular weight is 258 g/mol. The predicted molar refractivity (Wildman–Crippen MR) is 49.6 cm³/mol. The topological polar surface area (TPSA) is 25.5 Å². The van der Waals surface area contributed by atoms with Crippen LogP contribution in [0.15, 0.2) is 26.0 Å². The van der Waals surface area contributed by atoms with Crippen LogP contribution in [0.4, 0.5) is 0 Å². The summed E-state index contributed by atoms with van der Waals surface area (Å²) in [7, 11) is 0. The molecule has 1 heterocycles. The van der Waals surface area contributed by atoms with Crippen molar-refractivity contribution in [3.05, 3.63) is 24.2 Å². The van der Waals surface area contributed by atoms with Gasteiger partial charge < -0.3 is 0 Å². The van der Waals surface area contributed by atoms with Gasteiger partial charge in [-0.25, -0.2) is 0 Å². The van der Waals surface area contributed by atoms with E-state index in [1.54, 1.807) is 6.26 Å². The molecule has 0 aliphatic heterocycles. The van der Waals surface area contributed by atoms with Crippen LogP contribution in [-0.4, -0.2) is 24.9 Å². The van der Waals surface area contributed by atoms with Crippen molar-refractivity contribution >= 4 is 24.9 Å². The minimum absolute atomic E-state index is 0.858. The van der Waals surface area contributed by atoms with Crippen LogP contribution >= 0.6 is 0 Å². The molecule has 0 unspecified atom stereocenters. The number of hydrogen-bond donors (Lipinski definition) is 0. The molecule has 60 valence electrons. The Morgan fingerprint density at radius 2 is 2.18 bits per heavy atom. The molecular formula is C8H13NOSn. The van der Waals surface area contributed by atoms with Gasteiger partial charge in [0.05, 0.1) is 0 Å². The van der Waals surface area contributed by atoms with Crippen LogP contribution in [0.2, 0.25) is 14.8 Å². The van der Waals surface area contributed by atoms with E-state index >= 15 is 0 Å². The number of furan rings is 1. The average Bonchev–Trinajstić information content (AvgIpc) is 2.32. The Morgan fingerprint density at radius 1 is 1.45 bits per heavy atom. The van der Waals surface area contributed by atoms with Crippen molar-refractivity contribution in [1.82, 2.24) is 0 Å². The van der Waals surface area contributed by atoms with E-state index in [4.69, 9.17) is 4.42 Å². The molecule has 0 fully saturated rings. The molecule has 0 aliphatic rings. The SMILES string of the molecule is [CH3][Sn]([CH3])([CH3])/[N]=C/c1ccco1. The van der Waals surface area contributed by atoms with Crippen LogP contribution in [0, 0.1) is 0 Å². The van der Waals surface area contributed by atoms with E-state index in [0.717, 1.165) is 5.76 Å². The van der Waals surface area contributed by atoms with Gasteiger partial charge in [0.25, 0.3) is 0 Å². The van der Waals surface area contributed by atoms with E-state index in [9.17, 15) is 0 Å². The zero-order valence-electron chi connectivity index (χ0n) is 7.16. The van der Waals surface area contributed by atoms with Crippen LogP contribution < -0.4 is 0 Å². The van der Waals surface area contributed by atoms with E-state index in [1.807, 2.05) is 18.3 Å². The molecule has 0 aromatic carbocycles. The maximum absolute atomic E-state index is 5.11. The van der Waals surface area contributed by atoms with E-state index in [-0.39, 0.29) is 0 Å². The molecule has 0 spiro atoms. The summed E-state index contributed by atoms with van der Waals surface area (Å²) in [4.78, 5) is 6.77. The zero-order chi connectivity index (χ0) is 8.32. The second-order valence-electron chi connectivity index (χ2n) is 3.44. The minimum atomic E-state index is -1.96. The number of hydrogen-bond acceptors (Lipinski definition) is 2. The van der Waals surface area contributed by atoms with Crippen molar-refractivity contribution in [2.45, 2.75) is 14.8 Å². The summed E-state index contributed by atoms with van der Waals surface area (Å²) in [6, 6.07) is 3.79. The first kappa shape index (κ1) is 8.84. The van der Waals surface area contributed by atoms with Crippen molar-refractivity contribution in [2.24, 2.45) is 3.21 Å². The summed E-state index contributed by atoms with van der Waals surface area (Å²) in [6.45, 7) is 0. The summed E-state index contributed by atoms with van der Waals surface area (Å²) >= 11 is -1.96. The van der Waals surface area contributed by atoms with E-state index < -0.39 is 18.7 Å². The molecule has 0 aliphatic carbocycles. The van der Waals surface area contributed by atoms with Gasteiger partial charge in [-0.05, 0) is 0 Å². The van der Waals surface area contributed by atoms with Crippen molar-refractivity contribution in [3.8, 4) is 0 Å². The zero-order valence-corrected chi connectivity index (χ0v) is 10.0. The summed E-state index contributed by atoms with van der Waals surface area (Å²) in [6.07, 6.45) is 3.51. The van der Waals surface area contributed by atoms with Crippen molar-refractivity contribution in [2.75, 3.05) is 0 Å². The van der Waals surface area contributed by atoms with Crippen LogP contribution in [0.3, 0.4) is 0 Å². The first-order chi connectivity index (χ1) is 5.08. The van der Waals surface area contributed by atoms with Crippen LogP contribution in [-0.2, 0) is 0 Å². The van der Waals surface area contributed by atoms with E-state index in [0.29, 0.717) is 0 Å². The molecule has 0 saturated carbocycles. The second kappa shape index (κ2) is 3.43. The molecular weight excluding hydrogens is 245 g/mol. The van der Waals surface area contributed by atoms with Gasteiger partial charge in [0.1, 0.15) is 0 Å². The van der Waals surface area contributed by atoms with Crippen LogP contribution in [0.25, 0.3) is 0 Å². The molecule has 0 amide bonds. The van der Waals surface area contributed by atoms with E-state index in [1.165, 1.54) is 0 Å². The van der Waals surface area contributed by atoms with Crippen molar-refractivity contribution < 1.29 is 4.42 Å². The Balaban J connectivity index is 2.63. The first-order valence-electron chi connectivity index (χ1n) is 3.67. The van der Waals surface area contributed by atoms with Crippen molar-refractivity contribution in [1.29, 1.82) is 0 Å². The second-order valence-corrected chi connectivity index (χ2v) is 16.6. The maximum atomic E-state index is 5.11. The van der Waals surface area contributed by atoms with Crippen LogP contribution in [0.1, 0.15) is 5.76 Å². The van der Waals surface area contributed by atoms with Gasteiger partial charge >= 0.3 is 71.5 Å². The predicted octanol–water partition coefficient (Wildman–Crippen LogP) is 2.53. The summed E-state index contributed by atoms with van der Waals surface area (Å²) in [5, 5.41) is 0. The van der Waals surface area contributed by atoms with Gasteiger partial charge in [-0.15, -0.1) is 0 Å². The third-order valence-electron chi connectivity index (χ3n) is 1.12. The first-order valence-corrected chi connectivity index (χ1v) is 13.5. The third kappa shape index (κ3) is 3.60. The molecule has 1 rings (SSSR count). The van der Waals surface area contributed by atoms with E-state index in [2.05, 4.69) is 18.0 Å². The molecule has 3 heteroatoms. The van der Waals surface area contributed by atoms with Gasteiger partial charge in [-0.1, -0.05) is 0 Å².